The summed E-state index contributed by atoms with van der Waals surface area (Å²) in [6.07, 6.45) is 2.84. The van der Waals surface area contributed by atoms with Gasteiger partial charge in [-0.3, -0.25) is 9.59 Å². The molecule has 0 saturated heterocycles. The van der Waals surface area contributed by atoms with Crippen LogP contribution in [0.15, 0.2) is 24.3 Å². The summed E-state index contributed by atoms with van der Waals surface area (Å²) >= 11 is 0. The fraction of sp³-hybridized carbons (Fsp3) is 0.529. The second kappa shape index (κ2) is 6.29. The van der Waals surface area contributed by atoms with E-state index in [9.17, 15) is 9.59 Å². The van der Waals surface area contributed by atoms with Crippen LogP contribution in [0.3, 0.4) is 0 Å². The number of hydrogen-bond donors (Lipinski definition) is 1. The van der Waals surface area contributed by atoms with Crippen molar-refractivity contribution in [2.45, 2.75) is 58.1 Å². The van der Waals surface area contributed by atoms with E-state index in [4.69, 9.17) is 4.74 Å². The van der Waals surface area contributed by atoms with Gasteiger partial charge in [0, 0.05) is 6.04 Å². The SMILES string of the molecule is CC(C)(C)OC(=O)Cc1ccc(CC(=O)NC2CC2)cc1. The molecule has 0 unspecified atom stereocenters. The van der Waals surface area contributed by atoms with Gasteiger partial charge in [0.25, 0.3) is 0 Å². The van der Waals surface area contributed by atoms with Crippen LogP contribution < -0.4 is 5.32 Å². The van der Waals surface area contributed by atoms with Gasteiger partial charge >= 0.3 is 5.97 Å². The summed E-state index contributed by atoms with van der Waals surface area (Å²) in [6.45, 7) is 5.56. The zero-order valence-electron chi connectivity index (χ0n) is 12.9. The smallest absolute Gasteiger partial charge is 0.310 e. The Hall–Kier alpha value is -1.84. The number of amides is 1. The third-order valence-corrected chi connectivity index (χ3v) is 3.10. The van der Waals surface area contributed by atoms with Gasteiger partial charge in [-0.2, -0.15) is 0 Å². The molecule has 1 N–H and O–H groups in total. The molecule has 0 aromatic heterocycles. The lowest BCUT2D eigenvalue weighted by atomic mass is 10.1. The Morgan fingerprint density at radius 2 is 1.62 bits per heavy atom. The van der Waals surface area contributed by atoms with Crippen LogP contribution in [0.1, 0.15) is 44.7 Å². The van der Waals surface area contributed by atoms with Crippen LogP contribution in [0.25, 0.3) is 0 Å². The minimum Gasteiger partial charge on any atom is -0.460 e. The van der Waals surface area contributed by atoms with Gasteiger partial charge in [-0.15, -0.1) is 0 Å². The van der Waals surface area contributed by atoms with Crippen LogP contribution in [0.2, 0.25) is 0 Å². The van der Waals surface area contributed by atoms with E-state index < -0.39 is 5.60 Å². The standard InChI is InChI=1S/C17H23NO3/c1-17(2,3)21-16(20)11-13-6-4-12(5-7-13)10-15(19)18-14-8-9-14/h4-7,14H,8-11H2,1-3H3,(H,18,19). The van der Waals surface area contributed by atoms with Crippen LogP contribution in [0.4, 0.5) is 0 Å². The summed E-state index contributed by atoms with van der Waals surface area (Å²) in [5.41, 5.74) is 1.40. The van der Waals surface area contributed by atoms with E-state index in [0.717, 1.165) is 24.0 Å². The summed E-state index contributed by atoms with van der Waals surface area (Å²) in [5, 5.41) is 2.96. The predicted molar refractivity (Wildman–Crippen MR) is 80.9 cm³/mol. The molecule has 0 radical (unpaired) electrons. The van der Waals surface area contributed by atoms with Crippen molar-refractivity contribution in [3.63, 3.8) is 0 Å². The fourth-order valence-electron chi connectivity index (χ4n) is 2.01. The highest BCUT2D eigenvalue weighted by Gasteiger charge is 2.23. The Bertz CT molecular complexity index is 510. The Labute approximate surface area is 125 Å². The highest BCUT2D eigenvalue weighted by atomic mass is 16.6. The van der Waals surface area contributed by atoms with Gasteiger partial charge in [-0.25, -0.2) is 0 Å². The quantitative estimate of drug-likeness (QED) is 0.847. The predicted octanol–water partition coefficient (Wildman–Crippen LogP) is 2.39. The summed E-state index contributed by atoms with van der Waals surface area (Å²) in [4.78, 5) is 23.4. The zero-order chi connectivity index (χ0) is 15.5. The first-order valence-electron chi connectivity index (χ1n) is 7.41. The lowest BCUT2D eigenvalue weighted by Crippen LogP contribution is -2.27. The van der Waals surface area contributed by atoms with Crippen molar-refractivity contribution < 1.29 is 14.3 Å². The molecule has 1 aromatic carbocycles. The van der Waals surface area contributed by atoms with E-state index >= 15 is 0 Å². The van der Waals surface area contributed by atoms with Crippen LogP contribution in [0, 0.1) is 0 Å². The molecule has 1 aliphatic carbocycles. The van der Waals surface area contributed by atoms with Crippen molar-refractivity contribution in [3.8, 4) is 0 Å². The van der Waals surface area contributed by atoms with Gasteiger partial charge in [0.15, 0.2) is 0 Å². The van der Waals surface area contributed by atoms with Gasteiger partial charge in [0.05, 0.1) is 12.8 Å². The molecule has 0 spiro atoms. The Balaban J connectivity index is 1.83. The summed E-state index contributed by atoms with van der Waals surface area (Å²) in [7, 11) is 0. The van der Waals surface area contributed by atoms with E-state index in [-0.39, 0.29) is 18.3 Å². The number of esters is 1. The molecule has 1 aromatic rings. The first kappa shape index (κ1) is 15.5. The number of carbonyl (C=O) groups excluding carboxylic acids is 2. The van der Waals surface area contributed by atoms with E-state index in [1.54, 1.807) is 0 Å². The molecule has 1 aliphatic rings. The molecular weight excluding hydrogens is 266 g/mol. The van der Waals surface area contributed by atoms with E-state index in [1.165, 1.54) is 0 Å². The second-order valence-electron chi connectivity index (χ2n) is 6.60. The second-order valence-corrected chi connectivity index (χ2v) is 6.60. The van der Waals surface area contributed by atoms with Gasteiger partial charge in [0.2, 0.25) is 5.91 Å². The van der Waals surface area contributed by atoms with Crippen molar-refractivity contribution in [1.29, 1.82) is 0 Å². The molecule has 1 fully saturated rings. The lowest BCUT2D eigenvalue weighted by Gasteiger charge is -2.19. The Morgan fingerprint density at radius 3 is 2.10 bits per heavy atom. The number of nitrogens with one attached hydrogen (secondary N) is 1. The largest absolute Gasteiger partial charge is 0.460 e. The molecule has 0 aliphatic heterocycles. The number of hydrogen-bond acceptors (Lipinski definition) is 3. The minimum atomic E-state index is -0.460. The summed E-state index contributed by atoms with van der Waals surface area (Å²) in [6, 6.07) is 7.94. The Kier molecular flexibility index (Phi) is 4.66. The molecule has 0 bridgehead atoms. The molecular formula is C17H23NO3. The average Bonchev–Trinajstić information content (AvgIpc) is 3.13. The third kappa shape index (κ3) is 5.98. The average molecular weight is 289 g/mol. The van der Waals surface area contributed by atoms with Crippen molar-refractivity contribution in [2.24, 2.45) is 0 Å². The molecule has 21 heavy (non-hydrogen) atoms. The van der Waals surface area contributed by atoms with Gasteiger partial charge in [-0.05, 0) is 44.7 Å². The zero-order valence-corrected chi connectivity index (χ0v) is 12.9. The third-order valence-electron chi connectivity index (χ3n) is 3.10. The van der Waals surface area contributed by atoms with E-state index in [1.807, 2.05) is 45.0 Å². The van der Waals surface area contributed by atoms with E-state index in [0.29, 0.717) is 12.5 Å². The van der Waals surface area contributed by atoms with Gasteiger partial charge in [-0.1, -0.05) is 24.3 Å². The first-order chi connectivity index (χ1) is 9.82. The molecule has 1 amide bonds. The number of ether oxygens (including phenoxy) is 1. The molecule has 0 heterocycles. The van der Waals surface area contributed by atoms with Crippen molar-refractivity contribution in [1.82, 2.24) is 5.32 Å². The number of carbonyl (C=O) groups is 2. The van der Waals surface area contributed by atoms with Gasteiger partial charge in [0.1, 0.15) is 5.60 Å². The monoisotopic (exact) mass is 289 g/mol. The van der Waals surface area contributed by atoms with Crippen LogP contribution in [-0.4, -0.2) is 23.5 Å². The maximum atomic E-state index is 11.7. The molecule has 0 atom stereocenters. The summed E-state index contributed by atoms with van der Waals surface area (Å²) in [5.74, 6) is -0.167. The highest BCUT2D eigenvalue weighted by Crippen LogP contribution is 2.18. The molecule has 114 valence electrons. The van der Waals surface area contributed by atoms with Gasteiger partial charge < -0.3 is 10.1 Å². The normalized spacial score (nSPS) is 14.6. The van der Waals surface area contributed by atoms with Crippen LogP contribution >= 0.6 is 0 Å². The molecule has 4 heteroatoms. The van der Waals surface area contributed by atoms with Crippen LogP contribution in [-0.2, 0) is 27.2 Å². The van der Waals surface area contributed by atoms with Crippen molar-refractivity contribution in [3.05, 3.63) is 35.4 Å². The topological polar surface area (TPSA) is 55.4 Å². The van der Waals surface area contributed by atoms with Crippen LogP contribution in [0.5, 0.6) is 0 Å². The Morgan fingerprint density at radius 1 is 1.10 bits per heavy atom. The highest BCUT2D eigenvalue weighted by molar-refractivity contribution is 5.79. The van der Waals surface area contributed by atoms with E-state index in [2.05, 4.69) is 5.32 Å². The summed E-state index contributed by atoms with van der Waals surface area (Å²) < 4.78 is 5.28. The maximum Gasteiger partial charge on any atom is 0.310 e. The first-order valence-corrected chi connectivity index (χ1v) is 7.41. The fourth-order valence-corrected chi connectivity index (χ4v) is 2.01. The molecule has 1 saturated carbocycles. The lowest BCUT2D eigenvalue weighted by molar-refractivity contribution is -0.153. The number of benzene rings is 1. The minimum absolute atomic E-state index is 0.0670. The molecule has 2 rings (SSSR count). The molecule has 4 nitrogen and oxygen atoms in total. The number of rotatable bonds is 5. The maximum absolute atomic E-state index is 11.7. The van der Waals surface area contributed by atoms with Crippen molar-refractivity contribution >= 4 is 11.9 Å². The van der Waals surface area contributed by atoms with Crippen molar-refractivity contribution in [2.75, 3.05) is 0 Å².